The number of rotatable bonds is 12. The number of carbonyl (C=O) groups is 5. The topological polar surface area (TPSA) is 157 Å². The zero-order valence-electron chi connectivity index (χ0n) is 20.9. The predicted molar refractivity (Wildman–Crippen MR) is 131 cm³/mol. The van der Waals surface area contributed by atoms with Crippen LogP contribution in [0.1, 0.15) is 57.9 Å². The van der Waals surface area contributed by atoms with Crippen molar-refractivity contribution in [1.29, 1.82) is 0 Å². The van der Waals surface area contributed by atoms with Gasteiger partial charge >= 0.3 is 6.09 Å². The van der Waals surface area contributed by atoms with Crippen molar-refractivity contribution in [3.8, 4) is 0 Å². The second-order valence-electron chi connectivity index (χ2n) is 10.2. The number of ether oxygens (including phenoxy) is 1. The number of primary amides is 1. The van der Waals surface area contributed by atoms with Crippen molar-refractivity contribution in [3.05, 3.63) is 35.9 Å². The van der Waals surface area contributed by atoms with Crippen LogP contribution in [0.4, 0.5) is 4.79 Å². The molecule has 2 fully saturated rings. The van der Waals surface area contributed by atoms with E-state index in [0.717, 1.165) is 24.8 Å². The Labute approximate surface area is 211 Å². The maximum atomic E-state index is 13.2. The van der Waals surface area contributed by atoms with Crippen molar-refractivity contribution < 1.29 is 28.7 Å². The van der Waals surface area contributed by atoms with Gasteiger partial charge in [0.25, 0.3) is 5.91 Å². The Balaban J connectivity index is 1.67. The Morgan fingerprint density at radius 2 is 1.81 bits per heavy atom. The summed E-state index contributed by atoms with van der Waals surface area (Å²) in [5.74, 6) is -3.53. The second kappa shape index (κ2) is 12.0. The molecule has 5 N–H and O–H groups in total. The van der Waals surface area contributed by atoms with E-state index in [2.05, 4.69) is 16.0 Å². The van der Waals surface area contributed by atoms with Gasteiger partial charge in [0.1, 0.15) is 11.6 Å². The molecular weight excluding hydrogens is 464 g/mol. The number of amides is 4. The van der Waals surface area contributed by atoms with Gasteiger partial charge in [-0.3, -0.25) is 19.2 Å². The van der Waals surface area contributed by atoms with Crippen molar-refractivity contribution in [2.45, 2.75) is 76.5 Å². The van der Waals surface area contributed by atoms with Crippen LogP contribution in [0.5, 0.6) is 0 Å². The molecular formula is C26H36N4O6. The molecule has 10 heteroatoms. The number of hydrogen-bond donors (Lipinski definition) is 4. The molecule has 2 aliphatic rings. The third kappa shape index (κ3) is 7.29. The molecule has 36 heavy (non-hydrogen) atoms. The highest BCUT2D eigenvalue weighted by atomic mass is 16.6. The molecule has 1 aliphatic carbocycles. The van der Waals surface area contributed by atoms with E-state index >= 15 is 0 Å². The molecule has 196 valence electrons. The van der Waals surface area contributed by atoms with E-state index in [1.54, 1.807) is 0 Å². The number of nitrogens with two attached hydrogens (primary N) is 1. The number of hydrogen-bond acceptors (Lipinski definition) is 6. The van der Waals surface area contributed by atoms with Gasteiger partial charge in [-0.2, -0.15) is 0 Å². The normalized spacial score (nSPS) is 20.0. The standard InChI is InChI=1S/C26H36N4O6/c1-16(2)13-20(24(34)29-19(21(31)22(27)32)14-18-9-12-28-23(18)33)30-25(35)36-26(10-6-11-26)15-17-7-4-3-5-8-17/h3-5,7-8,16,18-20H,6,9-15H2,1-2H3,(H2,27,32)(H,28,33)(H,29,34)(H,30,35)/t18-,19-,20-/m0/s1. The smallest absolute Gasteiger partial charge is 0.408 e. The molecule has 0 aromatic heterocycles. The summed E-state index contributed by atoms with van der Waals surface area (Å²) < 4.78 is 5.83. The van der Waals surface area contributed by atoms with E-state index in [1.165, 1.54) is 0 Å². The summed E-state index contributed by atoms with van der Waals surface area (Å²) in [5, 5.41) is 7.87. The highest BCUT2D eigenvalue weighted by molar-refractivity contribution is 6.37. The second-order valence-corrected chi connectivity index (χ2v) is 10.2. The van der Waals surface area contributed by atoms with Crippen molar-refractivity contribution in [1.82, 2.24) is 16.0 Å². The van der Waals surface area contributed by atoms with E-state index in [4.69, 9.17) is 10.5 Å². The van der Waals surface area contributed by atoms with E-state index in [9.17, 15) is 24.0 Å². The lowest BCUT2D eigenvalue weighted by Gasteiger charge is -2.41. The Kier molecular flexibility index (Phi) is 9.06. The third-order valence-electron chi connectivity index (χ3n) is 6.82. The number of benzene rings is 1. The molecule has 3 rings (SSSR count). The summed E-state index contributed by atoms with van der Waals surface area (Å²) in [6.45, 7) is 4.25. The van der Waals surface area contributed by atoms with Crippen molar-refractivity contribution in [3.63, 3.8) is 0 Å². The van der Waals surface area contributed by atoms with Gasteiger partial charge in [0.2, 0.25) is 17.6 Å². The van der Waals surface area contributed by atoms with E-state index < -0.39 is 47.3 Å². The SMILES string of the molecule is CC(C)C[C@H](NC(=O)OC1(Cc2ccccc2)CCC1)C(=O)N[C@@H](C[C@@H]1CCNC1=O)C(=O)C(N)=O. The fourth-order valence-electron chi connectivity index (χ4n) is 4.76. The minimum absolute atomic E-state index is 0.0360. The Hall–Kier alpha value is -3.43. The average Bonchev–Trinajstić information content (AvgIpc) is 3.20. The zero-order chi connectivity index (χ0) is 26.3. The number of alkyl carbamates (subject to hydrolysis) is 1. The van der Waals surface area contributed by atoms with Crippen molar-refractivity contribution >= 4 is 29.6 Å². The molecule has 1 aromatic rings. The summed E-state index contributed by atoms with van der Waals surface area (Å²) in [6.07, 6.45) is 3.01. The summed E-state index contributed by atoms with van der Waals surface area (Å²) in [4.78, 5) is 62.0. The van der Waals surface area contributed by atoms with Gasteiger partial charge in [0, 0.05) is 18.9 Å². The molecule has 1 saturated heterocycles. The fourth-order valence-corrected chi connectivity index (χ4v) is 4.76. The summed E-state index contributed by atoms with van der Waals surface area (Å²) in [7, 11) is 0. The van der Waals surface area contributed by atoms with Gasteiger partial charge in [-0.05, 0) is 50.0 Å². The first-order valence-corrected chi connectivity index (χ1v) is 12.5. The molecule has 1 aromatic carbocycles. The lowest BCUT2D eigenvalue weighted by Crippen LogP contribution is -2.55. The van der Waals surface area contributed by atoms with Crippen LogP contribution in [0, 0.1) is 11.8 Å². The quantitative estimate of drug-likeness (QED) is 0.317. The number of Topliss-reactive ketones (excluding diaryl/α,β-unsaturated/α-hetero) is 1. The van der Waals surface area contributed by atoms with Gasteiger partial charge < -0.3 is 26.4 Å². The van der Waals surface area contributed by atoms with Crippen LogP contribution in [0.25, 0.3) is 0 Å². The maximum absolute atomic E-state index is 13.2. The highest BCUT2D eigenvalue weighted by Crippen LogP contribution is 2.38. The molecule has 1 heterocycles. The first-order chi connectivity index (χ1) is 17.1. The monoisotopic (exact) mass is 500 g/mol. The third-order valence-corrected chi connectivity index (χ3v) is 6.82. The molecule has 1 saturated carbocycles. The average molecular weight is 501 g/mol. The van der Waals surface area contributed by atoms with Crippen LogP contribution in [-0.4, -0.2) is 53.8 Å². The first kappa shape index (κ1) is 27.2. The molecule has 4 amide bonds. The lowest BCUT2D eigenvalue weighted by atomic mass is 9.76. The van der Waals surface area contributed by atoms with Crippen molar-refractivity contribution in [2.24, 2.45) is 17.6 Å². The highest BCUT2D eigenvalue weighted by Gasteiger charge is 2.42. The van der Waals surface area contributed by atoms with E-state index in [-0.39, 0.29) is 24.7 Å². The van der Waals surface area contributed by atoms with Crippen molar-refractivity contribution in [2.75, 3.05) is 6.54 Å². The molecule has 0 bridgehead atoms. The number of ketones is 1. The molecule has 10 nitrogen and oxygen atoms in total. The summed E-state index contributed by atoms with van der Waals surface area (Å²) >= 11 is 0. The summed E-state index contributed by atoms with van der Waals surface area (Å²) in [5.41, 5.74) is 5.62. The molecule has 0 spiro atoms. The fraction of sp³-hybridized carbons (Fsp3) is 0.577. The van der Waals surface area contributed by atoms with Crippen LogP contribution in [0.2, 0.25) is 0 Å². The largest absolute Gasteiger partial charge is 0.443 e. The minimum atomic E-state index is -1.26. The van der Waals surface area contributed by atoms with Gasteiger partial charge in [-0.15, -0.1) is 0 Å². The first-order valence-electron chi connectivity index (χ1n) is 12.5. The van der Waals surface area contributed by atoms with Crippen LogP contribution in [0.15, 0.2) is 30.3 Å². The predicted octanol–water partition coefficient (Wildman–Crippen LogP) is 1.36. The molecule has 0 unspecified atom stereocenters. The van der Waals surface area contributed by atoms with Crippen LogP contribution >= 0.6 is 0 Å². The maximum Gasteiger partial charge on any atom is 0.408 e. The zero-order valence-corrected chi connectivity index (χ0v) is 20.9. The Bertz CT molecular complexity index is 976. The van der Waals surface area contributed by atoms with Crippen LogP contribution in [-0.2, 0) is 30.3 Å². The van der Waals surface area contributed by atoms with Gasteiger partial charge in [-0.1, -0.05) is 44.2 Å². The molecule has 1 aliphatic heterocycles. The van der Waals surface area contributed by atoms with Gasteiger partial charge in [-0.25, -0.2) is 4.79 Å². The van der Waals surface area contributed by atoms with E-state index in [0.29, 0.717) is 19.4 Å². The minimum Gasteiger partial charge on any atom is -0.443 e. The van der Waals surface area contributed by atoms with Gasteiger partial charge in [0.05, 0.1) is 6.04 Å². The van der Waals surface area contributed by atoms with E-state index in [1.807, 2.05) is 44.2 Å². The molecule has 3 atom stereocenters. The summed E-state index contributed by atoms with van der Waals surface area (Å²) in [6, 6.07) is 7.51. The molecule has 0 radical (unpaired) electrons. The van der Waals surface area contributed by atoms with Crippen LogP contribution in [0.3, 0.4) is 0 Å². The lowest BCUT2D eigenvalue weighted by molar-refractivity contribution is -0.139. The van der Waals surface area contributed by atoms with Gasteiger partial charge in [0.15, 0.2) is 0 Å². The Morgan fingerprint density at radius 1 is 1.11 bits per heavy atom. The Morgan fingerprint density at radius 3 is 2.33 bits per heavy atom. The number of nitrogens with one attached hydrogen (secondary N) is 3. The van der Waals surface area contributed by atoms with Crippen LogP contribution < -0.4 is 21.7 Å². The number of carbonyl (C=O) groups excluding carboxylic acids is 5.